The van der Waals surface area contributed by atoms with Crippen LogP contribution in [0.2, 0.25) is 0 Å². The number of aromatic nitrogens is 3. The van der Waals surface area contributed by atoms with Crippen LogP contribution >= 0.6 is 0 Å². The Hall–Kier alpha value is -2.63. The second kappa shape index (κ2) is 5.40. The summed E-state index contributed by atoms with van der Waals surface area (Å²) in [6, 6.07) is 7.75. The van der Waals surface area contributed by atoms with E-state index in [0.717, 1.165) is 16.9 Å². The highest BCUT2D eigenvalue weighted by Crippen LogP contribution is 2.14. The highest BCUT2D eigenvalue weighted by molar-refractivity contribution is 5.96. The van der Waals surface area contributed by atoms with E-state index in [1.807, 2.05) is 31.2 Å². The van der Waals surface area contributed by atoms with Crippen molar-refractivity contribution in [1.82, 2.24) is 20.4 Å². The van der Waals surface area contributed by atoms with Crippen molar-refractivity contribution in [3.8, 4) is 0 Å². The van der Waals surface area contributed by atoms with Gasteiger partial charge in [0, 0.05) is 0 Å². The van der Waals surface area contributed by atoms with Crippen LogP contribution in [0.25, 0.3) is 11.0 Å². The Balaban J connectivity index is 1.75. The van der Waals surface area contributed by atoms with E-state index in [2.05, 4.69) is 20.4 Å². The van der Waals surface area contributed by atoms with Crippen molar-refractivity contribution < 1.29 is 9.32 Å². The number of nitrogens with zero attached hydrogens (tertiary/aromatic N) is 2. The number of H-pyrrole nitrogens is 1. The molecule has 0 bridgehead atoms. The zero-order valence-corrected chi connectivity index (χ0v) is 11.9. The molecule has 0 saturated carbocycles. The number of carbonyl (C=O) groups is 1. The molecule has 6 heteroatoms. The molecule has 0 fully saturated rings. The first-order valence-corrected chi connectivity index (χ1v) is 6.86. The fourth-order valence-corrected chi connectivity index (χ4v) is 2.29. The van der Waals surface area contributed by atoms with Crippen LogP contribution in [-0.2, 0) is 13.0 Å². The molecule has 3 rings (SSSR count). The molecule has 1 aromatic carbocycles. The van der Waals surface area contributed by atoms with E-state index >= 15 is 0 Å². The van der Waals surface area contributed by atoms with E-state index in [1.165, 1.54) is 0 Å². The van der Waals surface area contributed by atoms with Crippen molar-refractivity contribution in [3.05, 3.63) is 47.1 Å². The maximum absolute atomic E-state index is 12.2. The molecular weight excluding hydrogens is 268 g/mol. The van der Waals surface area contributed by atoms with E-state index in [-0.39, 0.29) is 5.91 Å². The van der Waals surface area contributed by atoms with Gasteiger partial charge in [-0.2, -0.15) is 0 Å². The van der Waals surface area contributed by atoms with Gasteiger partial charge >= 0.3 is 0 Å². The summed E-state index contributed by atoms with van der Waals surface area (Å²) in [7, 11) is 0. The number of imidazole rings is 1. The van der Waals surface area contributed by atoms with E-state index in [9.17, 15) is 4.79 Å². The van der Waals surface area contributed by atoms with Gasteiger partial charge in [0.25, 0.3) is 5.91 Å². The summed E-state index contributed by atoms with van der Waals surface area (Å²) in [5.41, 5.74) is 3.04. The quantitative estimate of drug-likeness (QED) is 0.770. The molecule has 0 saturated heterocycles. The average Bonchev–Trinajstić information content (AvgIpc) is 3.07. The minimum atomic E-state index is -0.189. The lowest BCUT2D eigenvalue weighted by Crippen LogP contribution is -2.24. The second-order valence-electron chi connectivity index (χ2n) is 4.80. The number of hydrogen-bond acceptors (Lipinski definition) is 4. The molecule has 0 atom stereocenters. The summed E-state index contributed by atoms with van der Waals surface area (Å²) in [5.74, 6) is 1.07. The third-order valence-electron chi connectivity index (χ3n) is 3.35. The van der Waals surface area contributed by atoms with Gasteiger partial charge in [0.15, 0.2) is 0 Å². The van der Waals surface area contributed by atoms with Crippen LogP contribution in [0, 0.1) is 6.92 Å². The van der Waals surface area contributed by atoms with Crippen LogP contribution in [0.1, 0.15) is 34.6 Å². The van der Waals surface area contributed by atoms with Crippen LogP contribution in [0.5, 0.6) is 0 Å². The summed E-state index contributed by atoms with van der Waals surface area (Å²) >= 11 is 0. The van der Waals surface area contributed by atoms with Gasteiger partial charge in [-0.05, 0) is 25.5 Å². The fourth-order valence-electron chi connectivity index (χ4n) is 2.29. The molecule has 2 N–H and O–H groups in total. The predicted molar refractivity (Wildman–Crippen MR) is 77.9 cm³/mol. The van der Waals surface area contributed by atoms with Crippen LogP contribution in [-0.4, -0.2) is 21.0 Å². The smallest absolute Gasteiger partial charge is 0.257 e. The Kier molecular flexibility index (Phi) is 3.43. The van der Waals surface area contributed by atoms with Crippen molar-refractivity contribution in [2.24, 2.45) is 0 Å². The Morgan fingerprint density at radius 1 is 1.38 bits per heavy atom. The number of carbonyl (C=O) groups excluding carboxylic acids is 1. The topological polar surface area (TPSA) is 83.8 Å². The normalized spacial score (nSPS) is 11.0. The Bertz CT molecular complexity index is 755. The summed E-state index contributed by atoms with van der Waals surface area (Å²) in [5, 5.41) is 6.73. The number of fused-ring (bicyclic) bond motifs is 1. The first-order chi connectivity index (χ1) is 10.2. The molecule has 0 spiro atoms. The lowest BCUT2D eigenvalue weighted by Gasteiger charge is -2.02. The molecule has 0 aliphatic heterocycles. The number of aromatic amines is 1. The zero-order chi connectivity index (χ0) is 14.8. The van der Waals surface area contributed by atoms with E-state index in [4.69, 9.17) is 4.52 Å². The van der Waals surface area contributed by atoms with Crippen LogP contribution in [0.15, 0.2) is 28.8 Å². The molecule has 6 nitrogen and oxygen atoms in total. The number of hydrogen-bond donors (Lipinski definition) is 2. The fraction of sp³-hybridized carbons (Fsp3) is 0.267. The standard InChI is InChI=1S/C15H16N4O2/c1-3-10-14(9(2)21-19-10)15(20)16-8-13-17-11-6-4-5-7-12(11)18-13/h4-7H,3,8H2,1-2H3,(H,16,20)(H,17,18). The van der Waals surface area contributed by atoms with Crippen LogP contribution in [0.4, 0.5) is 0 Å². The lowest BCUT2D eigenvalue weighted by atomic mass is 10.1. The molecule has 2 aromatic heterocycles. The molecule has 108 valence electrons. The minimum absolute atomic E-state index is 0.189. The van der Waals surface area contributed by atoms with Gasteiger partial charge in [-0.1, -0.05) is 24.2 Å². The predicted octanol–water partition coefficient (Wildman–Crippen LogP) is 2.35. The van der Waals surface area contributed by atoms with Crippen LogP contribution < -0.4 is 5.32 Å². The molecule has 0 unspecified atom stereocenters. The molecule has 3 aromatic rings. The van der Waals surface area contributed by atoms with Gasteiger partial charge in [0.05, 0.1) is 23.3 Å². The molecular formula is C15H16N4O2. The van der Waals surface area contributed by atoms with Gasteiger partial charge < -0.3 is 14.8 Å². The van der Waals surface area contributed by atoms with Gasteiger partial charge in [-0.25, -0.2) is 4.98 Å². The monoisotopic (exact) mass is 284 g/mol. The van der Waals surface area contributed by atoms with Crippen molar-refractivity contribution >= 4 is 16.9 Å². The molecule has 2 heterocycles. The number of amides is 1. The van der Waals surface area contributed by atoms with Crippen LogP contribution in [0.3, 0.4) is 0 Å². The number of aryl methyl sites for hydroxylation is 2. The minimum Gasteiger partial charge on any atom is -0.361 e. The summed E-state index contributed by atoms with van der Waals surface area (Å²) in [6.07, 6.45) is 0.657. The number of nitrogens with one attached hydrogen (secondary N) is 2. The third-order valence-corrected chi connectivity index (χ3v) is 3.35. The summed E-state index contributed by atoms with van der Waals surface area (Å²) < 4.78 is 5.07. The Morgan fingerprint density at radius 3 is 2.95 bits per heavy atom. The molecule has 21 heavy (non-hydrogen) atoms. The number of benzene rings is 1. The first kappa shape index (κ1) is 13.4. The first-order valence-electron chi connectivity index (χ1n) is 6.86. The van der Waals surface area contributed by atoms with E-state index in [1.54, 1.807) is 6.92 Å². The Morgan fingerprint density at radius 2 is 2.19 bits per heavy atom. The van der Waals surface area contributed by atoms with Crippen molar-refractivity contribution in [1.29, 1.82) is 0 Å². The maximum Gasteiger partial charge on any atom is 0.257 e. The molecule has 0 aliphatic rings. The number of rotatable bonds is 4. The largest absolute Gasteiger partial charge is 0.361 e. The maximum atomic E-state index is 12.2. The zero-order valence-electron chi connectivity index (χ0n) is 11.9. The second-order valence-corrected chi connectivity index (χ2v) is 4.80. The molecule has 0 aliphatic carbocycles. The van der Waals surface area contributed by atoms with Crippen molar-refractivity contribution in [3.63, 3.8) is 0 Å². The lowest BCUT2D eigenvalue weighted by molar-refractivity contribution is 0.0947. The summed E-state index contributed by atoms with van der Waals surface area (Å²) in [6.45, 7) is 4.01. The highest BCUT2D eigenvalue weighted by atomic mass is 16.5. The number of para-hydroxylation sites is 2. The Labute approximate surface area is 121 Å². The van der Waals surface area contributed by atoms with E-state index in [0.29, 0.717) is 30.0 Å². The molecule has 0 radical (unpaired) electrons. The summed E-state index contributed by atoms with van der Waals surface area (Å²) in [4.78, 5) is 19.8. The average molecular weight is 284 g/mol. The van der Waals surface area contributed by atoms with E-state index < -0.39 is 0 Å². The van der Waals surface area contributed by atoms with Gasteiger partial charge in [-0.15, -0.1) is 0 Å². The van der Waals surface area contributed by atoms with Gasteiger partial charge in [0.2, 0.25) is 0 Å². The SMILES string of the molecule is CCc1noc(C)c1C(=O)NCc1nc2ccccc2[nH]1. The van der Waals surface area contributed by atoms with Crippen molar-refractivity contribution in [2.45, 2.75) is 26.8 Å². The van der Waals surface area contributed by atoms with Crippen molar-refractivity contribution in [2.75, 3.05) is 0 Å². The third kappa shape index (κ3) is 2.52. The van der Waals surface area contributed by atoms with Gasteiger partial charge in [0.1, 0.15) is 17.1 Å². The molecule has 1 amide bonds. The highest BCUT2D eigenvalue weighted by Gasteiger charge is 2.19. The van der Waals surface area contributed by atoms with Gasteiger partial charge in [-0.3, -0.25) is 4.79 Å².